The number of hydrogen-bond acceptors (Lipinski definition) is 4. The van der Waals surface area contributed by atoms with Gasteiger partial charge in [0, 0.05) is 16.6 Å². The van der Waals surface area contributed by atoms with E-state index in [2.05, 4.69) is 21.2 Å². The molecule has 20 heavy (non-hydrogen) atoms. The highest BCUT2D eigenvalue weighted by Crippen LogP contribution is 2.25. The van der Waals surface area contributed by atoms with Gasteiger partial charge in [-0.3, -0.25) is 4.79 Å². The SMILES string of the molecule is CCOc1ccc(NC(=O)C2COCCO2)cc1CBr. The fourth-order valence-electron chi connectivity index (χ4n) is 1.92. The lowest BCUT2D eigenvalue weighted by atomic mass is 10.2. The number of carbonyl (C=O) groups is 1. The predicted octanol–water partition coefficient (Wildman–Crippen LogP) is 2.33. The first-order chi connectivity index (χ1) is 9.74. The van der Waals surface area contributed by atoms with E-state index in [0.717, 1.165) is 17.0 Å². The third kappa shape index (κ3) is 3.94. The Hall–Kier alpha value is -1.11. The molecule has 1 aromatic carbocycles. The molecule has 2 rings (SSSR count). The molecule has 6 heteroatoms. The van der Waals surface area contributed by atoms with Gasteiger partial charge in [-0.25, -0.2) is 0 Å². The van der Waals surface area contributed by atoms with Crippen LogP contribution >= 0.6 is 15.9 Å². The zero-order valence-electron chi connectivity index (χ0n) is 11.4. The summed E-state index contributed by atoms with van der Waals surface area (Å²) in [6.45, 7) is 3.84. The average molecular weight is 344 g/mol. The molecule has 0 radical (unpaired) electrons. The van der Waals surface area contributed by atoms with Crippen LogP contribution in [0.3, 0.4) is 0 Å². The number of alkyl halides is 1. The number of carbonyl (C=O) groups excluding carboxylic acids is 1. The number of ether oxygens (including phenoxy) is 3. The highest BCUT2D eigenvalue weighted by molar-refractivity contribution is 9.08. The molecule has 1 aromatic rings. The summed E-state index contributed by atoms with van der Waals surface area (Å²) < 4.78 is 16.1. The Kier molecular flexibility index (Phi) is 5.82. The van der Waals surface area contributed by atoms with E-state index in [-0.39, 0.29) is 5.91 Å². The van der Waals surface area contributed by atoms with Crippen LogP contribution < -0.4 is 10.1 Å². The second kappa shape index (κ2) is 7.61. The van der Waals surface area contributed by atoms with Crippen LogP contribution in [0.2, 0.25) is 0 Å². The number of hydrogen-bond donors (Lipinski definition) is 1. The van der Waals surface area contributed by atoms with E-state index in [1.54, 1.807) is 0 Å². The lowest BCUT2D eigenvalue weighted by molar-refractivity contribution is -0.142. The van der Waals surface area contributed by atoms with Crippen LogP contribution in [0.5, 0.6) is 5.75 Å². The van der Waals surface area contributed by atoms with Gasteiger partial charge in [0.15, 0.2) is 6.10 Å². The van der Waals surface area contributed by atoms with Crippen LogP contribution in [0.4, 0.5) is 5.69 Å². The zero-order chi connectivity index (χ0) is 14.4. The van der Waals surface area contributed by atoms with Gasteiger partial charge < -0.3 is 19.5 Å². The number of halogens is 1. The largest absolute Gasteiger partial charge is 0.494 e. The molecule has 5 nitrogen and oxygen atoms in total. The molecule has 1 heterocycles. The van der Waals surface area contributed by atoms with Gasteiger partial charge in [-0.15, -0.1) is 0 Å². The van der Waals surface area contributed by atoms with Crippen molar-refractivity contribution in [3.8, 4) is 5.75 Å². The summed E-state index contributed by atoms with van der Waals surface area (Å²) in [4.78, 5) is 12.0. The number of nitrogens with one attached hydrogen (secondary N) is 1. The van der Waals surface area contributed by atoms with Crippen molar-refractivity contribution in [3.05, 3.63) is 23.8 Å². The minimum Gasteiger partial charge on any atom is -0.494 e. The molecule has 1 saturated heterocycles. The molecule has 0 aliphatic carbocycles. The maximum atomic E-state index is 12.0. The first kappa shape index (κ1) is 15.3. The topological polar surface area (TPSA) is 56.8 Å². The summed E-state index contributed by atoms with van der Waals surface area (Å²) >= 11 is 3.42. The van der Waals surface area contributed by atoms with E-state index in [1.807, 2.05) is 25.1 Å². The van der Waals surface area contributed by atoms with Crippen molar-refractivity contribution in [1.29, 1.82) is 0 Å². The van der Waals surface area contributed by atoms with E-state index >= 15 is 0 Å². The Morgan fingerprint density at radius 1 is 1.50 bits per heavy atom. The monoisotopic (exact) mass is 343 g/mol. The molecule has 1 N–H and O–H groups in total. The van der Waals surface area contributed by atoms with Crippen molar-refractivity contribution in [1.82, 2.24) is 0 Å². The molecule has 1 amide bonds. The molecular weight excluding hydrogens is 326 g/mol. The van der Waals surface area contributed by atoms with Crippen LogP contribution in [0.25, 0.3) is 0 Å². The molecule has 0 bridgehead atoms. The molecule has 1 aliphatic heterocycles. The lowest BCUT2D eigenvalue weighted by Crippen LogP contribution is -2.39. The molecule has 0 spiro atoms. The smallest absolute Gasteiger partial charge is 0.255 e. The van der Waals surface area contributed by atoms with Crippen LogP contribution in [0.15, 0.2) is 18.2 Å². The van der Waals surface area contributed by atoms with Crippen molar-refractivity contribution in [2.45, 2.75) is 18.4 Å². The molecule has 1 atom stereocenters. The molecular formula is C14H18BrNO4. The van der Waals surface area contributed by atoms with Crippen LogP contribution in [0.1, 0.15) is 12.5 Å². The number of rotatable bonds is 5. The van der Waals surface area contributed by atoms with Crippen molar-refractivity contribution in [3.63, 3.8) is 0 Å². The zero-order valence-corrected chi connectivity index (χ0v) is 12.9. The Bertz CT molecular complexity index is 460. The predicted molar refractivity (Wildman–Crippen MR) is 79.4 cm³/mol. The van der Waals surface area contributed by atoms with Gasteiger partial charge in [-0.2, -0.15) is 0 Å². The van der Waals surface area contributed by atoms with Gasteiger partial charge >= 0.3 is 0 Å². The minimum absolute atomic E-state index is 0.186. The summed E-state index contributed by atoms with van der Waals surface area (Å²) in [7, 11) is 0. The Labute approximate surface area is 126 Å². The molecule has 0 aromatic heterocycles. The number of benzene rings is 1. The van der Waals surface area contributed by atoms with E-state index < -0.39 is 6.10 Å². The fraction of sp³-hybridized carbons (Fsp3) is 0.500. The first-order valence-electron chi connectivity index (χ1n) is 6.56. The van der Waals surface area contributed by atoms with E-state index in [0.29, 0.717) is 31.8 Å². The van der Waals surface area contributed by atoms with Crippen LogP contribution in [0, 0.1) is 0 Å². The summed E-state index contributed by atoms with van der Waals surface area (Å²) in [6.07, 6.45) is -0.539. The summed E-state index contributed by atoms with van der Waals surface area (Å²) in [5, 5.41) is 3.50. The van der Waals surface area contributed by atoms with Gasteiger partial charge in [0.25, 0.3) is 5.91 Å². The maximum Gasteiger partial charge on any atom is 0.255 e. The third-order valence-corrected chi connectivity index (χ3v) is 3.48. The van der Waals surface area contributed by atoms with Gasteiger partial charge in [0.1, 0.15) is 5.75 Å². The second-order valence-electron chi connectivity index (χ2n) is 4.31. The Morgan fingerprint density at radius 3 is 3.00 bits per heavy atom. The standard InChI is InChI=1S/C14H18BrNO4/c1-2-19-12-4-3-11(7-10(12)8-15)16-14(17)13-9-18-5-6-20-13/h3-4,7,13H,2,5-6,8-9H2,1H3,(H,16,17). The maximum absolute atomic E-state index is 12.0. The third-order valence-electron chi connectivity index (χ3n) is 2.88. The van der Waals surface area contributed by atoms with E-state index in [9.17, 15) is 4.79 Å². The quantitative estimate of drug-likeness (QED) is 0.833. The number of amides is 1. The lowest BCUT2D eigenvalue weighted by Gasteiger charge is -2.22. The summed E-state index contributed by atoms with van der Waals surface area (Å²) in [5.41, 5.74) is 1.72. The van der Waals surface area contributed by atoms with Crippen molar-refractivity contribution in [2.24, 2.45) is 0 Å². The highest BCUT2D eigenvalue weighted by Gasteiger charge is 2.22. The van der Waals surface area contributed by atoms with Gasteiger partial charge in [-0.1, -0.05) is 15.9 Å². The van der Waals surface area contributed by atoms with E-state index in [4.69, 9.17) is 14.2 Å². The summed E-state index contributed by atoms with van der Waals surface area (Å²) in [6, 6.07) is 5.56. The van der Waals surface area contributed by atoms with Gasteiger partial charge in [-0.05, 0) is 25.1 Å². The number of anilines is 1. The molecule has 1 fully saturated rings. The normalized spacial score (nSPS) is 18.6. The van der Waals surface area contributed by atoms with Crippen molar-refractivity contribution in [2.75, 3.05) is 31.7 Å². The molecule has 110 valence electrons. The Balaban J connectivity index is 2.03. The molecule has 0 saturated carbocycles. The van der Waals surface area contributed by atoms with Crippen molar-refractivity contribution < 1.29 is 19.0 Å². The second-order valence-corrected chi connectivity index (χ2v) is 4.87. The molecule has 1 unspecified atom stereocenters. The fourth-order valence-corrected chi connectivity index (χ4v) is 2.36. The average Bonchev–Trinajstić information content (AvgIpc) is 2.50. The van der Waals surface area contributed by atoms with Gasteiger partial charge in [0.2, 0.25) is 0 Å². The van der Waals surface area contributed by atoms with Crippen molar-refractivity contribution >= 4 is 27.5 Å². The minimum atomic E-state index is -0.539. The molecule has 1 aliphatic rings. The summed E-state index contributed by atoms with van der Waals surface area (Å²) in [5.74, 6) is 0.633. The van der Waals surface area contributed by atoms with Crippen LogP contribution in [-0.2, 0) is 19.6 Å². The first-order valence-corrected chi connectivity index (χ1v) is 7.68. The van der Waals surface area contributed by atoms with Crippen LogP contribution in [-0.4, -0.2) is 38.4 Å². The Morgan fingerprint density at radius 2 is 2.35 bits per heavy atom. The van der Waals surface area contributed by atoms with E-state index in [1.165, 1.54) is 0 Å². The van der Waals surface area contributed by atoms with Gasteiger partial charge in [0.05, 0.1) is 26.4 Å². The highest BCUT2D eigenvalue weighted by atomic mass is 79.9.